The minimum atomic E-state index is -3.40. The molecule has 0 atom stereocenters. The molecule has 0 aliphatic carbocycles. The van der Waals surface area contributed by atoms with E-state index in [0.717, 1.165) is 17.4 Å². The molecule has 0 bridgehead atoms. The van der Waals surface area contributed by atoms with Gasteiger partial charge in [0.2, 0.25) is 10.0 Å². The first-order chi connectivity index (χ1) is 10.7. The van der Waals surface area contributed by atoms with Gasteiger partial charge in [0.25, 0.3) is 5.91 Å². The van der Waals surface area contributed by atoms with Crippen LogP contribution in [0.25, 0.3) is 0 Å². The number of carbonyl (C=O) groups is 1. The van der Waals surface area contributed by atoms with Crippen LogP contribution in [0.2, 0.25) is 5.02 Å². The Morgan fingerprint density at radius 3 is 2.39 bits per heavy atom. The highest BCUT2D eigenvalue weighted by atomic mass is 35.5. The first-order valence-corrected chi connectivity index (χ1v) is 9.08. The van der Waals surface area contributed by atoms with Gasteiger partial charge in [-0.1, -0.05) is 23.7 Å². The summed E-state index contributed by atoms with van der Waals surface area (Å²) in [6.07, 6.45) is 1.04. The molecule has 2 aromatic rings. The molecule has 0 aromatic heterocycles. The zero-order chi connectivity index (χ0) is 17.2. The predicted octanol–water partition coefficient (Wildman–Crippen LogP) is 3.58. The number of aryl methyl sites for hydroxylation is 2. The largest absolute Gasteiger partial charge is 0.322 e. The lowest BCUT2D eigenvalue weighted by Crippen LogP contribution is -2.14. The third-order valence-corrected chi connectivity index (χ3v) is 4.08. The molecule has 2 aromatic carbocycles. The lowest BCUT2D eigenvalue weighted by molar-refractivity contribution is 0.102. The standard InChI is InChI=1S/C16H17ClN2O3S/c1-10-4-5-11(2)15(8-10)18-16(20)13-7-6-12(9-14(13)17)19-23(3,21)22/h4-9,19H,1-3H3,(H,18,20). The van der Waals surface area contributed by atoms with Crippen LogP contribution in [0.4, 0.5) is 11.4 Å². The SMILES string of the molecule is Cc1ccc(C)c(NC(=O)c2ccc(NS(C)(=O)=O)cc2Cl)c1. The van der Waals surface area contributed by atoms with Crippen molar-refractivity contribution < 1.29 is 13.2 Å². The van der Waals surface area contributed by atoms with Crippen LogP contribution in [-0.4, -0.2) is 20.6 Å². The summed E-state index contributed by atoms with van der Waals surface area (Å²) in [5.41, 5.74) is 3.26. The number of hydrogen-bond acceptors (Lipinski definition) is 3. The fourth-order valence-corrected chi connectivity index (χ4v) is 2.86. The maximum absolute atomic E-state index is 12.4. The Morgan fingerprint density at radius 1 is 1.09 bits per heavy atom. The molecular weight excluding hydrogens is 336 g/mol. The van der Waals surface area contributed by atoms with Gasteiger partial charge < -0.3 is 5.32 Å². The van der Waals surface area contributed by atoms with Crippen molar-refractivity contribution in [2.24, 2.45) is 0 Å². The molecule has 122 valence electrons. The van der Waals surface area contributed by atoms with Gasteiger partial charge in [0.1, 0.15) is 0 Å². The highest BCUT2D eigenvalue weighted by Gasteiger charge is 2.13. The number of carbonyl (C=O) groups excluding carboxylic acids is 1. The summed E-state index contributed by atoms with van der Waals surface area (Å²) in [5.74, 6) is -0.352. The second-order valence-electron chi connectivity index (χ2n) is 5.34. The van der Waals surface area contributed by atoms with E-state index in [0.29, 0.717) is 11.4 Å². The van der Waals surface area contributed by atoms with E-state index in [2.05, 4.69) is 10.0 Å². The van der Waals surface area contributed by atoms with Gasteiger partial charge in [-0.2, -0.15) is 0 Å². The van der Waals surface area contributed by atoms with Crippen LogP contribution in [-0.2, 0) is 10.0 Å². The van der Waals surface area contributed by atoms with E-state index in [1.807, 2.05) is 32.0 Å². The summed E-state index contributed by atoms with van der Waals surface area (Å²) in [5, 5.41) is 2.98. The number of anilines is 2. The first kappa shape index (κ1) is 17.3. The normalized spacial score (nSPS) is 11.1. The van der Waals surface area contributed by atoms with E-state index < -0.39 is 10.0 Å². The molecule has 2 rings (SSSR count). The molecule has 0 fully saturated rings. The summed E-state index contributed by atoms with van der Waals surface area (Å²) in [7, 11) is -3.40. The van der Waals surface area contributed by atoms with E-state index >= 15 is 0 Å². The predicted molar refractivity (Wildman–Crippen MR) is 93.8 cm³/mol. The van der Waals surface area contributed by atoms with Crippen LogP contribution < -0.4 is 10.0 Å². The number of benzene rings is 2. The molecule has 23 heavy (non-hydrogen) atoms. The third kappa shape index (κ3) is 4.71. The van der Waals surface area contributed by atoms with Crippen molar-refractivity contribution in [2.75, 3.05) is 16.3 Å². The minimum absolute atomic E-state index is 0.168. The number of halogens is 1. The van der Waals surface area contributed by atoms with E-state index in [1.54, 1.807) is 0 Å². The zero-order valence-corrected chi connectivity index (χ0v) is 14.5. The van der Waals surface area contributed by atoms with Crippen LogP contribution >= 0.6 is 11.6 Å². The van der Waals surface area contributed by atoms with Gasteiger partial charge in [0.05, 0.1) is 16.8 Å². The highest BCUT2D eigenvalue weighted by Crippen LogP contribution is 2.24. The van der Waals surface area contributed by atoms with Crippen LogP contribution in [0.5, 0.6) is 0 Å². The van der Waals surface area contributed by atoms with Gasteiger partial charge in [0.15, 0.2) is 0 Å². The minimum Gasteiger partial charge on any atom is -0.322 e. The molecule has 5 nitrogen and oxygen atoms in total. The van der Waals surface area contributed by atoms with E-state index in [-0.39, 0.29) is 16.5 Å². The third-order valence-electron chi connectivity index (χ3n) is 3.16. The number of amides is 1. The van der Waals surface area contributed by atoms with E-state index in [1.165, 1.54) is 18.2 Å². The second kappa shape index (κ2) is 6.60. The summed E-state index contributed by atoms with van der Waals surface area (Å²) in [6, 6.07) is 10.1. The van der Waals surface area contributed by atoms with Gasteiger partial charge >= 0.3 is 0 Å². The molecule has 2 N–H and O–H groups in total. The monoisotopic (exact) mass is 352 g/mol. The Balaban J connectivity index is 2.24. The first-order valence-electron chi connectivity index (χ1n) is 6.81. The van der Waals surface area contributed by atoms with Crippen molar-refractivity contribution in [2.45, 2.75) is 13.8 Å². The van der Waals surface area contributed by atoms with E-state index in [9.17, 15) is 13.2 Å². The molecule has 1 amide bonds. The Kier molecular flexibility index (Phi) is 4.97. The highest BCUT2D eigenvalue weighted by molar-refractivity contribution is 7.92. The van der Waals surface area contributed by atoms with Crippen molar-refractivity contribution in [3.8, 4) is 0 Å². The molecule has 7 heteroatoms. The second-order valence-corrected chi connectivity index (χ2v) is 7.50. The van der Waals surface area contributed by atoms with Crippen molar-refractivity contribution in [3.05, 3.63) is 58.1 Å². The Bertz CT molecular complexity index is 864. The topological polar surface area (TPSA) is 75.3 Å². The van der Waals surface area contributed by atoms with E-state index in [4.69, 9.17) is 11.6 Å². The van der Waals surface area contributed by atoms with Crippen LogP contribution in [0, 0.1) is 13.8 Å². The smallest absolute Gasteiger partial charge is 0.257 e. The Morgan fingerprint density at radius 2 is 1.78 bits per heavy atom. The molecule has 0 saturated heterocycles. The lowest BCUT2D eigenvalue weighted by Gasteiger charge is -2.11. The van der Waals surface area contributed by atoms with Crippen molar-refractivity contribution in [1.82, 2.24) is 0 Å². The number of hydrogen-bond donors (Lipinski definition) is 2. The van der Waals surface area contributed by atoms with Crippen LogP contribution in [0.1, 0.15) is 21.5 Å². The molecular formula is C16H17ClN2O3S. The molecule has 0 aliphatic heterocycles. The Hall–Kier alpha value is -2.05. The summed E-state index contributed by atoms with van der Waals surface area (Å²) < 4.78 is 24.7. The fraction of sp³-hybridized carbons (Fsp3) is 0.188. The zero-order valence-electron chi connectivity index (χ0n) is 13.0. The average Bonchev–Trinajstić information content (AvgIpc) is 2.41. The maximum Gasteiger partial charge on any atom is 0.257 e. The number of sulfonamides is 1. The van der Waals surface area contributed by atoms with Gasteiger partial charge in [-0.15, -0.1) is 0 Å². The molecule has 0 saturated carbocycles. The quantitative estimate of drug-likeness (QED) is 0.883. The average molecular weight is 353 g/mol. The van der Waals surface area contributed by atoms with Crippen molar-refractivity contribution >= 4 is 38.9 Å². The summed E-state index contributed by atoms with van der Waals surface area (Å²) in [4.78, 5) is 12.4. The van der Waals surface area contributed by atoms with Gasteiger partial charge in [-0.25, -0.2) is 8.42 Å². The summed E-state index contributed by atoms with van der Waals surface area (Å²) in [6.45, 7) is 3.84. The molecule has 0 spiro atoms. The maximum atomic E-state index is 12.4. The Labute approximate surface area is 140 Å². The van der Waals surface area contributed by atoms with Crippen LogP contribution in [0.3, 0.4) is 0 Å². The fourth-order valence-electron chi connectivity index (χ4n) is 2.04. The number of rotatable bonds is 4. The van der Waals surface area contributed by atoms with Crippen molar-refractivity contribution in [1.29, 1.82) is 0 Å². The molecule has 0 radical (unpaired) electrons. The van der Waals surface area contributed by atoms with Crippen molar-refractivity contribution in [3.63, 3.8) is 0 Å². The molecule has 0 aliphatic rings. The lowest BCUT2D eigenvalue weighted by atomic mass is 10.1. The van der Waals surface area contributed by atoms with Crippen LogP contribution in [0.15, 0.2) is 36.4 Å². The van der Waals surface area contributed by atoms with Gasteiger partial charge in [-0.05, 0) is 49.2 Å². The number of nitrogens with one attached hydrogen (secondary N) is 2. The summed E-state index contributed by atoms with van der Waals surface area (Å²) >= 11 is 6.09. The molecule has 0 heterocycles. The van der Waals surface area contributed by atoms with Gasteiger partial charge in [0, 0.05) is 11.4 Å². The molecule has 0 unspecified atom stereocenters. The van der Waals surface area contributed by atoms with Gasteiger partial charge in [-0.3, -0.25) is 9.52 Å².